The molecule has 16 heavy (non-hydrogen) atoms. The Labute approximate surface area is 124 Å². The van der Waals surface area contributed by atoms with Crippen LogP contribution in [0.4, 0.5) is 0 Å². The molecule has 6 nitrogen and oxygen atoms in total. The Morgan fingerprint density at radius 2 is 2.06 bits per heavy atom. The molecule has 0 aromatic heterocycles. The van der Waals surface area contributed by atoms with E-state index in [0.717, 1.165) is 12.8 Å². The van der Waals surface area contributed by atoms with Gasteiger partial charge in [-0.3, -0.25) is 10.3 Å². The van der Waals surface area contributed by atoms with E-state index in [4.69, 9.17) is 12.6 Å². The Morgan fingerprint density at radius 3 is 2.50 bits per heavy atom. The zero-order chi connectivity index (χ0) is 11.6. The first kappa shape index (κ1) is 17.1. The van der Waals surface area contributed by atoms with Crippen molar-refractivity contribution in [1.82, 2.24) is 15.3 Å². The first-order valence-corrected chi connectivity index (χ1v) is 6.74. The van der Waals surface area contributed by atoms with Crippen molar-refractivity contribution in [3.05, 3.63) is 0 Å². The molecule has 0 radical (unpaired) electrons. The predicted octanol–water partition coefficient (Wildman–Crippen LogP) is -3.80. The number of hydrazine groups is 1. The maximum Gasteiger partial charge on any atom is 1.00 e. The maximum absolute atomic E-state index is 10.7. The van der Waals surface area contributed by atoms with Crippen LogP contribution in [0.3, 0.4) is 0 Å². The summed E-state index contributed by atoms with van der Waals surface area (Å²) < 4.78 is 32.1. The van der Waals surface area contributed by atoms with Crippen LogP contribution in [0.5, 0.6) is 0 Å². The van der Waals surface area contributed by atoms with Crippen LogP contribution in [0.1, 0.15) is 19.8 Å². The largest absolute Gasteiger partial charge is 1.00 e. The third-order valence-corrected chi connectivity index (χ3v) is 3.29. The molecule has 1 saturated heterocycles. The van der Waals surface area contributed by atoms with Crippen molar-refractivity contribution in [3.8, 4) is 0 Å². The van der Waals surface area contributed by atoms with Crippen LogP contribution in [-0.4, -0.2) is 47.5 Å². The summed E-state index contributed by atoms with van der Waals surface area (Å²) >= 11 is 5.03. The van der Waals surface area contributed by atoms with E-state index < -0.39 is 21.5 Å². The van der Waals surface area contributed by atoms with Gasteiger partial charge >= 0.3 is 29.6 Å². The van der Waals surface area contributed by atoms with Gasteiger partial charge in [-0.25, -0.2) is 13.4 Å². The second-order valence-electron chi connectivity index (χ2n) is 3.56. The van der Waals surface area contributed by atoms with E-state index in [1.165, 1.54) is 4.90 Å². The van der Waals surface area contributed by atoms with Crippen LogP contribution in [0.2, 0.25) is 0 Å². The second-order valence-corrected chi connectivity index (χ2v) is 5.38. The Hall–Kier alpha value is 1.14. The van der Waals surface area contributed by atoms with Crippen LogP contribution < -0.4 is 35.0 Å². The molecule has 1 aliphatic heterocycles. The molecule has 2 unspecified atom stereocenters. The molecule has 0 aromatic rings. The predicted molar refractivity (Wildman–Crippen MR) is 57.2 cm³/mol. The van der Waals surface area contributed by atoms with Crippen LogP contribution in [0, 0.1) is 0 Å². The minimum Gasteiger partial charge on any atom is -0.757 e. The molecule has 0 amide bonds. The van der Waals surface area contributed by atoms with Crippen molar-refractivity contribution < 1.29 is 42.5 Å². The molecule has 0 spiro atoms. The molecular weight excluding hydrogens is 261 g/mol. The summed E-state index contributed by atoms with van der Waals surface area (Å²) in [7, 11) is -2.48. The summed E-state index contributed by atoms with van der Waals surface area (Å²) in [5.41, 5.74) is 2.36. The number of nitrogens with zero attached hydrogens (tertiary/aromatic N) is 2. The van der Waals surface area contributed by atoms with E-state index >= 15 is 0 Å². The fraction of sp³-hybridized carbons (Fsp3) is 1.00. The van der Waals surface area contributed by atoms with Crippen molar-refractivity contribution in [3.63, 3.8) is 0 Å². The molecule has 1 aliphatic rings. The smallest absolute Gasteiger partial charge is 0.757 e. The summed E-state index contributed by atoms with van der Waals surface area (Å²) in [6, 6.07) is 0. The summed E-state index contributed by atoms with van der Waals surface area (Å²) in [6.07, 6.45) is 1.54. The van der Waals surface area contributed by atoms with Crippen molar-refractivity contribution in [2.24, 2.45) is 0 Å². The van der Waals surface area contributed by atoms with Crippen molar-refractivity contribution in [2.75, 3.05) is 12.9 Å². The fourth-order valence-corrected chi connectivity index (χ4v) is 2.83. The van der Waals surface area contributed by atoms with Gasteiger partial charge in [0.15, 0.2) is 0 Å². The Bertz CT molecular complexity index is 314. The zero-order valence-electron chi connectivity index (χ0n) is 9.71. The number of hydrogen-bond acceptors (Lipinski definition) is 7. The Balaban J connectivity index is 0.00000225. The average Bonchev–Trinajstić information content (AvgIpc) is 2.30. The third-order valence-electron chi connectivity index (χ3n) is 2.30. The van der Waals surface area contributed by atoms with E-state index in [9.17, 15) is 13.0 Å². The summed E-state index contributed by atoms with van der Waals surface area (Å²) in [5.74, 6) is -0.539. The summed E-state index contributed by atoms with van der Waals surface area (Å²) in [5, 5.41) is 1.76. The molecule has 90 valence electrons. The van der Waals surface area contributed by atoms with Gasteiger partial charge in [-0.05, 0) is 11.9 Å². The monoisotopic (exact) mass is 276 g/mol. The minimum atomic E-state index is -4.27. The molecule has 1 heterocycles. The quantitative estimate of drug-likeness (QED) is 0.321. The van der Waals surface area contributed by atoms with Gasteiger partial charge in [0.05, 0.1) is 12.0 Å². The van der Waals surface area contributed by atoms with Gasteiger partial charge < -0.3 is 17.2 Å². The van der Waals surface area contributed by atoms with E-state index in [-0.39, 0.29) is 35.7 Å². The van der Waals surface area contributed by atoms with Gasteiger partial charge in [-0.1, -0.05) is 13.3 Å². The van der Waals surface area contributed by atoms with Gasteiger partial charge in [0, 0.05) is 7.05 Å². The van der Waals surface area contributed by atoms with E-state index in [0.29, 0.717) is 0 Å². The first-order chi connectivity index (χ1) is 6.85. The van der Waals surface area contributed by atoms with Crippen LogP contribution in [-0.2, 0) is 22.7 Å². The van der Waals surface area contributed by atoms with Gasteiger partial charge in [0.2, 0.25) is 0 Å². The topological polar surface area (TPSA) is 75.7 Å². The molecule has 0 saturated carbocycles. The van der Waals surface area contributed by atoms with Crippen LogP contribution in [0.25, 0.3) is 0 Å². The van der Waals surface area contributed by atoms with Crippen LogP contribution >= 0.6 is 0 Å². The zero-order valence-corrected chi connectivity index (χ0v) is 13.3. The molecule has 0 aliphatic carbocycles. The van der Waals surface area contributed by atoms with E-state index in [2.05, 4.69) is 5.43 Å². The summed E-state index contributed by atoms with van der Waals surface area (Å²) in [4.78, 5) is 1.49. The third kappa shape index (κ3) is 4.79. The average molecular weight is 276 g/mol. The number of rotatable bonds is 4. The maximum atomic E-state index is 10.7. The molecular formula is C7H15N3NaO3S2-. The van der Waals surface area contributed by atoms with Gasteiger partial charge in [-0.15, -0.1) is 0 Å². The molecule has 1 rings (SSSR count). The number of hydrogen-bond donors (Lipinski definition) is 1. The summed E-state index contributed by atoms with van der Waals surface area (Å²) in [6.45, 7) is 1.99. The van der Waals surface area contributed by atoms with Crippen LogP contribution in [0.15, 0.2) is 0 Å². The van der Waals surface area contributed by atoms with Crippen molar-refractivity contribution in [2.45, 2.75) is 31.4 Å². The molecule has 0 bridgehead atoms. The molecule has 2 atom stereocenters. The number of nitrogens with one attached hydrogen (secondary N) is 1. The van der Waals surface area contributed by atoms with Crippen molar-refractivity contribution >= 4 is 22.7 Å². The Morgan fingerprint density at radius 1 is 1.50 bits per heavy atom. The molecule has 0 aromatic carbocycles. The van der Waals surface area contributed by atoms with Gasteiger partial charge in [0.1, 0.15) is 10.1 Å². The minimum absolute atomic E-state index is 0. The molecule has 1 fully saturated rings. The fourth-order valence-electron chi connectivity index (χ4n) is 1.67. The second kappa shape index (κ2) is 6.91. The van der Waals surface area contributed by atoms with Crippen molar-refractivity contribution in [1.29, 1.82) is 0 Å². The SMILES string of the molecule is CCCC1N(C)NC([S-])N1CS(=O)(=O)[O-].[Na+]. The standard InChI is InChI=1S/C7H17N3O3S2.Na/c1-3-4-6-9(2)8-7(14)10(6)5-15(11,12)13;/h6-8,14H,3-5H2,1-2H3,(H,11,12,13);/q;+1/p-2. The van der Waals surface area contributed by atoms with Gasteiger partial charge in [0.25, 0.3) is 0 Å². The van der Waals surface area contributed by atoms with E-state index in [1.807, 2.05) is 6.92 Å². The first-order valence-electron chi connectivity index (χ1n) is 4.69. The molecule has 1 N–H and O–H groups in total. The van der Waals surface area contributed by atoms with Gasteiger partial charge in [-0.2, -0.15) is 0 Å². The van der Waals surface area contributed by atoms with E-state index in [1.54, 1.807) is 12.1 Å². The molecule has 9 heteroatoms. The Kier molecular flexibility index (Phi) is 7.40. The normalized spacial score (nSPS) is 28.0.